The first-order valence-electron chi connectivity index (χ1n) is 14.2. The quantitative estimate of drug-likeness (QED) is 0.435. The molecule has 0 bridgehead atoms. The number of amides is 3. The van der Waals surface area contributed by atoms with Crippen LogP contribution in [0, 0.1) is 0 Å². The minimum absolute atomic E-state index is 0.00172. The van der Waals surface area contributed by atoms with E-state index in [-0.39, 0.29) is 52.1 Å². The number of rotatable bonds is 9. The predicted molar refractivity (Wildman–Crippen MR) is 143 cm³/mol. The third-order valence-corrected chi connectivity index (χ3v) is 9.03. The van der Waals surface area contributed by atoms with Crippen LogP contribution in [0.15, 0.2) is 0 Å². The minimum atomic E-state index is -0.535. The molecule has 3 aliphatic rings. The zero-order chi connectivity index (χ0) is 25.5. The highest BCUT2D eigenvalue weighted by molar-refractivity contribution is 7.09. The fourth-order valence-electron chi connectivity index (χ4n) is 6.19. The number of nitrogens with one attached hydrogen (secondary N) is 2. The molecule has 3 amide bonds. The van der Waals surface area contributed by atoms with Crippen molar-refractivity contribution in [1.82, 2.24) is 19.9 Å². The van der Waals surface area contributed by atoms with Gasteiger partial charge in [0.1, 0.15) is 10.9 Å². The standard InChI is InChI=1S/C27H43N5O3S/c1-2-11-21(25(33)29-18-14-9-10-15-18)32(20-16-7-4-8-17-20)27(35)24-22(28)23(31-36-24)26(34)30-19-12-5-3-6-13-19/h18-21H,2-17,28H2,1H3,(H,29,33)(H,30,34). The maximum absolute atomic E-state index is 14.1. The maximum Gasteiger partial charge on any atom is 0.273 e. The van der Waals surface area contributed by atoms with Crippen molar-refractivity contribution in [3.8, 4) is 0 Å². The van der Waals surface area contributed by atoms with Crippen molar-refractivity contribution < 1.29 is 14.4 Å². The van der Waals surface area contributed by atoms with E-state index in [9.17, 15) is 14.4 Å². The molecule has 0 aliphatic heterocycles. The van der Waals surface area contributed by atoms with Crippen molar-refractivity contribution in [2.24, 2.45) is 0 Å². The van der Waals surface area contributed by atoms with Gasteiger partial charge in [-0.05, 0) is 56.5 Å². The van der Waals surface area contributed by atoms with E-state index < -0.39 is 6.04 Å². The smallest absolute Gasteiger partial charge is 0.273 e. The lowest BCUT2D eigenvalue weighted by Gasteiger charge is -2.39. The third kappa shape index (κ3) is 6.39. The van der Waals surface area contributed by atoms with Crippen molar-refractivity contribution >= 4 is 34.9 Å². The van der Waals surface area contributed by atoms with Gasteiger partial charge >= 0.3 is 0 Å². The van der Waals surface area contributed by atoms with E-state index >= 15 is 0 Å². The topological polar surface area (TPSA) is 117 Å². The molecule has 1 heterocycles. The van der Waals surface area contributed by atoms with Gasteiger partial charge in [-0.25, -0.2) is 0 Å². The molecule has 1 aromatic heterocycles. The van der Waals surface area contributed by atoms with Crippen LogP contribution in [0.5, 0.6) is 0 Å². The number of nitrogens with zero attached hydrogens (tertiary/aromatic N) is 2. The first kappa shape index (κ1) is 26.9. The molecule has 8 nitrogen and oxygen atoms in total. The van der Waals surface area contributed by atoms with Crippen LogP contribution in [-0.2, 0) is 4.79 Å². The highest BCUT2D eigenvalue weighted by Gasteiger charge is 2.38. The Balaban J connectivity index is 1.56. The van der Waals surface area contributed by atoms with E-state index in [1.54, 1.807) is 4.90 Å². The van der Waals surface area contributed by atoms with Crippen molar-refractivity contribution in [3.63, 3.8) is 0 Å². The molecule has 3 fully saturated rings. The van der Waals surface area contributed by atoms with E-state index in [2.05, 4.69) is 15.0 Å². The average Bonchev–Trinajstić information content (AvgIpc) is 3.54. The van der Waals surface area contributed by atoms with Crippen LogP contribution in [0.25, 0.3) is 0 Å². The van der Waals surface area contributed by atoms with Gasteiger partial charge in [0.25, 0.3) is 11.8 Å². The Kier molecular flexibility index (Phi) is 9.62. The lowest BCUT2D eigenvalue weighted by Crippen LogP contribution is -2.55. The second kappa shape index (κ2) is 12.9. The van der Waals surface area contributed by atoms with Crippen LogP contribution < -0.4 is 16.4 Å². The van der Waals surface area contributed by atoms with Gasteiger partial charge in [-0.3, -0.25) is 14.4 Å². The number of aromatic nitrogens is 1. The minimum Gasteiger partial charge on any atom is -0.395 e. The second-order valence-electron chi connectivity index (χ2n) is 10.9. The molecule has 9 heteroatoms. The number of anilines is 1. The number of hydrogen-bond donors (Lipinski definition) is 3. The van der Waals surface area contributed by atoms with E-state index in [1.807, 2.05) is 6.92 Å². The predicted octanol–water partition coefficient (Wildman–Crippen LogP) is 4.79. The molecule has 4 rings (SSSR count). The SMILES string of the molecule is CCCC(C(=O)NC1CCCC1)N(C(=O)c1snc(C(=O)NC2CCCCC2)c1N)C1CCCCC1. The number of carbonyl (C=O) groups excluding carboxylic acids is 3. The van der Waals surface area contributed by atoms with E-state index in [4.69, 9.17) is 5.73 Å². The van der Waals surface area contributed by atoms with Gasteiger partial charge in [-0.2, -0.15) is 4.37 Å². The Hall–Kier alpha value is -2.16. The summed E-state index contributed by atoms with van der Waals surface area (Å²) in [5.74, 6) is -0.613. The zero-order valence-electron chi connectivity index (χ0n) is 21.7. The fraction of sp³-hybridized carbons (Fsp3) is 0.778. The number of nitrogens with two attached hydrogens (primary N) is 1. The van der Waals surface area contributed by atoms with Gasteiger partial charge in [-0.1, -0.05) is 64.7 Å². The Morgan fingerprint density at radius 2 is 1.47 bits per heavy atom. The molecule has 1 unspecified atom stereocenters. The molecular formula is C27H43N5O3S. The third-order valence-electron chi connectivity index (χ3n) is 8.18. The van der Waals surface area contributed by atoms with Gasteiger partial charge in [0.15, 0.2) is 5.69 Å². The Labute approximate surface area is 219 Å². The van der Waals surface area contributed by atoms with Crippen molar-refractivity contribution in [2.75, 3.05) is 5.73 Å². The first-order valence-corrected chi connectivity index (χ1v) is 15.0. The molecule has 0 spiro atoms. The number of nitrogen functional groups attached to an aromatic ring is 1. The van der Waals surface area contributed by atoms with Gasteiger partial charge in [0, 0.05) is 18.1 Å². The normalized spacial score (nSPS) is 20.7. The lowest BCUT2D eigenvalue weighted by atomic mass is 9.91. The first-order chi connectivity index (χ1) is 17.5. The summed E-state index contributed by atoms with van der Waals surface area (Å²) in [7, 11) is 0. The van der Waals surface area contributed by atoms with Crippen LogP contribution in [0.2, 0.25) is 0 Å². The van der Waals surface area contributed by atoms with E-state index in [0.717, 1.165) is 101 Å². The fourth-order valence-corrected chi connectivity index (χ4v) is 6.93. The highest BCUT2D eigenvalue weighted by Crippen LogP contribution is 2.32. The monoisotopic (exact) mass is 517 g/mol. The van der Waals surface area contributed by atoms with Gasteiger partial charge < -0.3 is 21.3 Å². The molecular weight excluding hydrogens is 474 g/mol. The van der Waals surface area contributed by atoms with Gasteiger partial charge in [0.2, 0.25) is 5.91 Å². The Bertz CT molecular complexity index is 901. The van der Waals surface area contributed by atoms with Crippen LogP contribution in [-0.4, -0.2) is 51.2 Å². The maximum atomic E-state index is 14.1. The van der Waals surface area contributed by atoms with Crippen LogP contribution in [0.1, 0.15) is 130 Å². The molecule has 3 saturated carbocycles. The zero-order valence-corrected chi connectivity index (χ0v) is 22.5. The number of carbonyl (C=O) groups is 3. The molecule has 1 atom stereocenters. The second-order valence-corrected chi connectivity index (χ2v) is 11.7. The molecule has 3 aliphatic carbocycles. The van der Waals surface area contributed by atoms with Crippen molar-refractivity contribution in [1.29, 1.82) is 0 Å². The summed E-state index contributed by atoms with van der Waals surface area (Å²) < 4.78 is 4.32. The summed E-state index contributed by atoms with van der Waals surface area (Å²) in [6.45, 7) is 2.05. The summed E-state index contributed by atoms with van der Waals surface area (Å²) in [6.07, 6.45) is 16.1. The molecule has 0 aromatic carbocycles. The Morgan fingerprint density at radius 3 is 2.08 bits per heavy atom. The van der Waals surface area contributed by atoms with Gasteiger partial charge in [0.05, 0.1) is 5.69 Å². The van der Waals surface area contributed by atoms with Crippen LogP contribution >= 0.6 is 11.5 Å². The highest BCUT2D eigenvalue weighted by atomic mass is 32.1. The van der Waals surface area contributed by atoms with Crippen LogP contribution in [0.4, 0.5) is 5.69 Å². The summed E-state index contributed by atoms with van der Waals surface area (Å²) in [5.41, 5.74) is 6.68. The molecule has 1 aromatic rings. The molecule has 200 valence electrons. The lowest BCUT2D eigenvalue weighted by molar-refractivity contribution is -0.127. The number of hydrogen-bond acceptors (Lipinski definition) is 6. The van der Waals surface area contributed by atoms with E-state index in [1.165, 1.54) is 6.42 Å². The summed E-state index contributed by atoms with van der Waals surface area (Å²) in [6, 6.07) is -0.201. The summed E-state index contributed by atoms with van der Waals surface area (Å²) in [5, 5.41) is 6.29. The molecule has 0 radical (unpaired) electrons. The van der Waals surface area contributed by atoms with Crippen LogP contribution in [0.3, 0.4) is 0 Å². The molecule has 4 N–H and O–H groups in total. The van der Waals surface area contributed by atoms with E-state index in [0.29, 0.717) is 6.42 Å². The molecule has 36 heavy (non-hydrogen) atoms. The largest absolute Gasteiger partial charge is 0.395 e. The van der Waals surface area contributed by atoms with Crippen molar-refractivity contribution in [3.05, 3.63) is 10.6 Å². The average molecular weight is 518 g/mol. The molecule has 0 saturated heterocycles. The van der Waals surface area contributed by atoms with Crippen molar-refractivity contribution in [2.45, 2.75) is 134 Å². The summed E-state index contributed by atoms with van der Waals surface area (Å²) in [4.78, 5) is 42.6. The van der Waals surface area contributed by atoms with Gasteiger partial charge in [-0.15, -0.1) is 0 Å². The summed E-state index contributed by atoms with van der Waals surface area (Å²) >= 11 is 0.988. The Morgan fingerprint density at radius 1 is 0.917 bits per heavy atom.